The van der Waals surface area contributed by atoms with Gasteiger partial charge in [-0.05, 0) is 44.2 Å². The van der Waals surface area contributed by atoms with Crippen molar-refractivity contribution in [1.82, 2.24) is 14.3 Å². The Labute approximate surface area is 138 Å². The van der Waals surface area contributed by atoms with Gasteiger partial charge in [0.15, 0.2) is 10.6 Å². The van der Waals surface area contributed by atoms with Gasteiger partial charge in [0.1, 0.15) is 0 Å². The fraction of sp³-hybridized carbons (Fsp3) is 0.235. The molecule has 6 heteroatoms. The van der Waals surface area contributed by atoms with Crippen LogP contribution in [-0.4, -0.2) is 20.1 Å². The van der Waals surface area contributed by atoms with Crippen LogP contribution in [0.15, 0.2) is 47.7 Å². The Balaban J connectivity index is 2.02. The van der Waals surface area contributed by atoms with Crippen LogP contribution in [0.1, 0.15) is 29.2 Å². The van der Waals surface area contributed by atoms with Crippen molar-refractivity contribution in [2.24, 2.45) is 4.99 Å². The van der Waals surface area contributed by atoms with E-state index in [1.807, 2.05) is 43.5 Å². The largest absolute Gasteiger partial charge is 0.321 e. The second-order valence-electron chi connectivity index (χ2n) is 5.18. The van der Waals surface area contributed by atoms with Gasteiger partial charge in [-0.15, -0.1) is 0 Å². The van der Waals surface area contributed by atoms with Crippen molar-refractivity contribution in [3.05, 3.63) is 58.1 Å². The number of nitrogens with zero attached hydrogens (tertiary/aromatic N) is 4. The number of thiazole rings is 1. The molecule has 0 bridgehead atoms. The first-order chi connectivity index (χ1) is 11.1. The Morgan fingerprint density at radius 2 is 2.04 bits per heavy atom. The summed E-state index contributed by atoms with van der Waals surface area (Å²) in [6.07, 6.45) is 3.65. The zero-order chi connectivity index (χ0) is 16.4. The van der Waals surface area contributed by atoms with Gasteiger partial charge in [-0.3, -0.25) is 4.79 Å². The van der Waals surface area contributed by atoms with Gasteiger partial charge in [-0.1, -0.05) is 11.3 Å². The van der Waals surface area contributed by atoms with E-state index in [2.05, 4.69) is 16.6 Å². The molecule has 0 spiro atoms. The van der Waals surface area contributed by atoms with E-state index >= 15 is 0 Å². The molecule has 0 fully saturated rings. The van der Waals surface area contributed by atoms with Crippen LogP contribution in [0, 0.1) is 6.92 Å². The minimum atomic E-state index is 0.0881. The summed E-state index contributed by atoms with van der Waals surface area (Å²) in [5, 5.41) is 4.21. The molecule has 2 aromatic heterocycles. The van der Waals surface area contributed by atoms with Crippen molar-refractivity contribution in [2.75, 3.05) is 0 Å². The molecule has 5 nitrogen and oxygen atoms in total. The van der Waals surface area contributed by atoms with Crippen molar-refractivity contribution in [2.45, 2.75) is 27.3 Å². The number of aromatic nitrogens is 3. The average molecular weight is 326 g/mol. The summed E-state index contributed by atoms with van der Waals surface area (Å²) in [4.78, 5) is 18.0. The molecule has 0 N–H and O–H groups in total. The van der Waals surface area contributed by atoms with Gasteiger partial charge < -0.3 is 4.57 Å². The number of carbonyl (C=O) groups excluding carboxylic acids is 1. The molecule has 1 aromatic carbocycles. The molecular weight excluding hydrogens is 308 g/mol. The molecule has 0 aliphatic carbocycles. The number of hydrogen-bond acceptors (Lipinski definition) is 4. The lowest BCUT2D eigenvalue weighted by molar-refractivity contribution is 0.102. The standard InChI is InChI=1S/C17H18N4OS/c1-4-20-12(2)16(13(3)22)23-17(20)19-14-6-8-15(9-7-14)21-11-5-10-18-21/h5-11H,4H2,1-3H3. The molecular formula is C17H18N4OS. The van der Waals surface area contributed by atoms with Crippen LogP contribution < -0.4 is 4.80 Å². The Bertz CT molecular complexity index is 886. The summed E-state index contributed by atoms with van der Waals surface area (Å²) in [6.45, 7) is 6.42. The van der Waals surface area contributed by atoms with E-state index in [9.17, 15) is 4.79 Å². The van der Waals surface area contributed by atoms with E-state index in [1.165, 1.54) is 11.3 Å². The minimum Gasteiger partial charge on any atom is -0.321 e. The van der Waals surface area contributed by atoms with E-state index < -0.39 is 0 Å². The first kappa shape index (κ1) is 15.4. The van der Waals surface area contributed by atoms with E-state index in [1.54, 1.807) is 17.8 Å². The fourth-order valence-electron chi connectivity index (χ4n) is 2.48. The molecule has 0 radical (unpaired) electrons. The zero-order valence-corrected chi connectivity index (χ0v) is 14.2. The first-order valence-corrected chi connectivity index (χ1v) is 8.27. The molecule has 2 heterocycles. The fourth-order valence-corrected chi connectivity index (χ4v) is 3.59. The highest BCUT2D eigenvalue weighted by atomic mass is 32.1. The molecule has 118 valence electrons. The van der Waals surface area contributed by atoms with Gasteiger partial charge in [0.25, 0.3) is 0 Å². The van der Waals surface area contributed by atoms with Crippen LogP contribution in [0.3, 0.4) is 0 Å². The molecule has 0 aliphatic heterocycles. The van der Waals surface area contributed by atoms with Gasteiger partial charge >= 0.3 is 0 Å². The summed E-state index contributed by atoms with van der Waals surface area (Å²) in [5.41, 5.74) is 2.83. The third-order valence-corrected chi connectivity index (χ3v) is 4.92. The van der Waals surface area contributed by atoms with Gasteiger partial charge in [0, 0.05) is 31.6 Å². The van der Waals surface area contributed by atoms with Crippen LogP contribution >= 0.6 is 11.3 Å². The molecule has 3 aromatic rings. The molecule has 0 amide bonds. The number of benzene rings is 1. The van der Waals surface area contributed by atoms with Crippen molar-refractivity contribution in [1.29, 1.82) is 0 Å². The number of hydrogen-bond donors (Lipinski definition) is 0. The second-order valence-corrected chi connectivity index (χ2v) is 6.16. The molecule has 0 unspecified atom stereocenters. The maximum Gasteiger partial charge on any atom is 0.190 e. The highest BCUT2D eigenvalue weighted by molar-refractivity contribution is 7.11. The summed E-state index contributed by atoms with van der Waals surface area (Å²) in [5.74, 6) is 0.0881. The smallest absolute Gasteiger partial charge is 0.190 e. The summed E-state index contributed by atoms with van der Waals surface area (Å²) < 4.78 is 3.88. The monoisotopic (exact) mass is 326 g/mol. The van der Waals surface area contributed by atoms with Crippen molar-refractivity contribution >= 4 is 22.8 Å². The number of Topliss-reactive ketones (excluding diaryl/α,β-unsaturated/α-hetero) is 1. The van der Waals surface area contributed by atoms with Crippen molar-refractivity contribution < 1.29 is 4.79 Å². The van der Waals surface area contributed by atoms with Crippen LogP contribution in [0.5, 0.6) is 0 Å². The number of rotatable bonds is 4. The molecule has 0 aliphatic rings. The maximum absolute atomic E-state index is 11.7. The molecule has 0 saturated heterocycles. The first-order valence-electron chi connectivity index (χ1n) is 7.46. The summed E-state index contributed by atoms with van der Waals surface area (Å²) in [7, 11) is 0. The number of ketones is 1. The predicted molar refractivity (Wildman–Crippen MR) is 91.5 cm³/mol. The zero-order valence-electron chi connectivity index (χ0n) is 13.4. The Hall–Kier alpha value is -2.47. The maximum atomic E-state index is 11.7. The lowest BCUT2D eigenvalue weighted by Gasteiger charge is -2.03. The Morgan fingerprint density at radius 3 is 2.61 bits per heavy atom. The third-order valence-electron chi connectivity index (χ3n) is 3.64. The second kappa shape index (κ2) is 6.34. The summed E-state index contributed by atoms with van der Waals surface area (Å²) >= 11 is 1.44. The highest BCUT2D eigenvalue weighted by Crippen LogP contribution is 2.17. The van der Waals surface area contributed by atoms with Gasteiger partial charge in [0.2, 0.25) is 0 Å². The SMILES string of the molecule is CCn1c(C)c(C(C)=O)sc1=Nc1ccc(-n2cccn2)cc1. The minimum absolute atomic E-state index is 0.0881. The van der Waals surface area contributed by atoms with Crippen molar-refractivity contribution in [3.8, 4) is 5.69 Å². The van der Waals surface area contributed by atoms with E-state index in [0.717, 1.165) is 33.3 Å². The molecule has 0 atom stereocenters. The lowest BCUT2D eigenvalue weighted by Crippen LogP contribution is -2.14. The Kier molecular flexibility index (Phi) is 4.25. The topological polar surface area (TPSA) is 52.2 Å². The highest BCUT2D eigenvalue weighted by Gasteiger charge is 2.12. The van der Waals surface area contributed by atoms with Gasteiger partial charge in [-0.2, -0.15) is 5.10 Å². The quantitative estimate of drug-likeness (QED) is 0.689. The van der Waals surface area contributed by atoms with Crippen LogP contribution in [0.25, 0.3) is 5.69 Å². The van der Waals surface area contributed by atoms with Crippen LogP contribution in [-0.2, 0) is 6.54 Å². The molecule has 0 saturated carbocycles. The van der Waals surface area contributed by atoms with E-state index in [-0.39, 0.29) is 5.78 Å². The Morgan fingerprint density at radius 1 is 1.30 bits per heavy atom. The molecule has 3 rings (SSSR count). The lowest BCUT2D eigenvalue weighted by atomic mass is 10.3. The van der Waals surface area contributed by atoms with Crippen LogP contribution in [0.4, 0.5) is 5.69 Å². The van der Waals surface area contributed by atoms with E-state index in [0.29, 0.717) is 0 Å². The third kappa shape index (κ3) is 3.03. The van der Waals surface area contributed by atoms with Crippen LogP contribution in [0.2, 0.25) is 0 Å². The molecule has 23 heavy (non-hydrogen) atoms. The van der Waals surface area contributed by atoms with Gasteiger partial charge in [-0.25, -0.2) is 9.67 Å². The number of carbonyl (C=O) groups is 1. The normalized spacial score (nSPS) is 11.9. The predicted octanol–water partition coefficient (Wildman–Crippen LogP) is 3.50. The average Bonchev–Trinajstić information content (AvgIpc) is 3.16. The van der Waals surface area contributed by atoms with E-state index in [4.69, 9.17) is 4.99 Å². The summed E-state index contributed by atoms with van der Waals surface area (Å²) in [6, 6.07) is 9.77. The van der Waals surface area contributed by atoms with Gasteiger partial charge in [0.05, 0.1) is 16.3 Å². The van der Waals surface area contributed by atoms with Crippen molar-refractivity contribution in [3.63, 3.8) is 0 Å².